The molecule has 1 heterocycles. The normalized spacial score (nSPS) is 13.9. The van der Waals surface area contributed by atoms with E-state index in [9.17, 15) is 8.42 Å². The van der Waals surface area contributed by atoms with Gasteiger partial charge in [-0.05, 0) is 36.1 Å². The van der Waals surface area contributed by atoms with E-state index in [1.807, 2.05) is 31.3 Å². The SMILES string of the molecule is CC(CS(C)(=O)=O)NCc1ccc2[nH]ccc2c1. The van der Waals surface area contributed by atoms with Crippen LogP contribution in [0.1, 0.15) is 12.5 Å². The molecule has 2 N–H and O–H groups in total. The number of H-pyrrole nitrogens is 1. The summed E-state index contributed by atoms with van der Waals surface area (Å²) in [5.74, 6) is 0.166. The highest BCUT2D eigenvalue weighted by atomic mass is 32.2. The highest BCUT2D eigenvalue weighted by molar-refractivity contribution is 7.90. The first-order valence-electron chi connectivity index (χ1n) is 5.91. The number of sulfone groups is 1. The molecule has 0 saturated carbocycles. The molecule has 4 nitrogen and oxygen atoms in total. The van der Waals surface area contributed by atoms with Gasteiger partial charge in [0.2, 0.25) is 0 Å². The topological polar surface area (TPSA) is 62.0 Å². The zero-order valence-corrected chi connectivity index (χ0v) is 11.4. The Morgan fingerprint density at radius 2 is 2.11 bits per heavy atom. The van der Waals surface area contributed by atoms with Gasteiger partial charge in [0, 0.05) is 30.6 Å². The number of benzene rings is 1. The zero-order valence-electron chi connectivity index (χ0n) is 10.6. The molecule has 1 aromatic carbocycles. The van der Waals surface area contributed by atoms with Crippen LogP contribution in [0.5, 0.6) is 0 Å². The van der Waals surface area contributed by atoms with Crippen LogP contribution < -0.4 is 5.32 Å². The lowest BCUT2D eigenvalue weighted by atomic mass is 10.1. The molecule has 0 saturated heterocycles. The van der Waals surface area contributed by atoms with Crippen molar-refractivity contribution >= 4 is 20.7 Å². The summed E-state index contributed by atoms with van der Waals surface area (Å²) in [4.78, 5) is 3.14. The number of aromatic nitrogens is 1. The second-order valence-corrected chi connectivity index (χ2v) is 6.96. The van der Waals surface area contributed by atoms with E-state index >= 15 is 0 Å². The van der Waals surface area contributed by atoms with E-state index in [4.69, 9.17) is 0 Å². The van der Waals surface area contributed by atoms with E-state index in [0.29, 0.717) is 6.54 Å². The monoisotopic (exact) mass is 266 g/mol. The Kier molecular flexibility index (Phi) is 3.73. The number of fused-ring (bicyclic) bond motifs is 1. The molecule has 18 heavy (non-hydrogen) atoms. The van der Waals surface area contributed by atoms with Gasteiger partial charge in [0.1, 0.15) is 9.84 Å². The minimum atomic E-state index is -2.92. The van der Waals surface area contributed by atoms with Crippen LogP contribution in [-0.4, -0.2) is 31.5 Å². The molecule has 0 aliphatic carbocycles. The third kappa shape index (κ3) is 3.58. The summed E-state index contributed by atoms with van der Waals surface area (Å²) in [5, 5.41) is 4.39. The smallest absolute Gasteiger partial charge is 0.148 e. The van der Waals surface area contributed by atoms with Gasteiger partial charge in [-0.3, -0.25) is 0 Å². The summed E-state index contributed by atoms with van der Waals surface area (Å²) in [5.41, 5.74) is 2.27. The molecule has 0 fully saturated rings. The summed E-state index contributed by atoms with van der Waals surface area (Å²) >= 11 is 0. The maximum absolute atomic E-state index is 11.1. The van der Waals surface area contributed by atoms with Crippen molar-refractivity contribution in [3.8, 4) is 0 Å². The fourth-order valence-electron chi connectivity index (χ4n) is 2.02. The fraction of sp³-hybridized carbons (Fsp3) is 0.385. The van der Waals surface area contributed by atoms with Crippen LogP contribution in [0.3, 0.4) is 0 Å². The van der Waals surface area contributed by atoms with Crippen LogP contribution in [0.25, 0.3) is 10.9 Å². The lowest BCUT2D eigenvalue weighted by Crippen LogP contribution is -2.32. The summed E-state index contributed by atoms with van der Waals surface area (Å²) in [6.45, 7) is 2.56. The Bertz CT molecular complexity index is 631. The molecule has 2 aromatic rings. The summed E-state index contributed by atoms with van der Waals surface area (Å²) < 4.78 is 22.3. The molecule has 5 heteroatoms. The van der Waals surface area contributed by atoms with Crippen molar-refractivity contribution in [2.75, 3.05) is 12.0 Å². The van der Waals surface area contributed by atoms with E-state index < -0.39 is 9.84 Å². The van der Waals surface area contributed by atoms with Crippen molar-refractivity contribution in [1.82, 2.24) is 10.3 Å². The van der Waals surface area contributed by atoms with Gasteiger partial charge >= 0.3 is 0 Å². The van der Waals surface area contributed by atoms with Gasteiger partial charge < -0.3 is 10.3 Å². The summed E-state index contributed by atoms with van der Waals surface area (Å²) in [7, 11) is -2.92. The van der Waals surface area contributed by atoms with Crippen LogP contribution in [0.2, 0.25) is 0 Å². The molecule has 1 unspecified atom stereocenters. The molecule has 2 rings (SSSR count). The van der Waals surface area contributed by atoms with E-state index in [1.54, 1.807) is 0 Å². The lowest BCUT2D eigenvalue weighted by molar-refractivity contribution is 0.560. The Morgan fingerprint density at radius 1 is 1.33 bits per heavy atom. The second kappa shape index (κ2) is 5.12. The van der Waals surface area contributed by atoms with Crippen LogP contribution in [-0.2, 0) is 16.4 Å². The lowest BCUT2D eigenvalue weighted by Gasteiger charge is -2.12. The van der Waals surface area contributed by atoms with Crippen LogP contribution in [0.15, 0.2) is 30.5 Å². The Hall–Kier alpha value is -1.33. The number of rotatable bonds is 5. The van der Waals surface area contributed by atoms with E-state index in [1.165, 1.54) is 11.6 Å². The quantitative estimate of drug-likeness (QED) is 0.865. The largest absolute Gasteiger partial charge is 0.361 e. The summed E-state index contributed by atoms with van der Waals surface area (Å²) in [6, 6.07) is 8.17. The molecule has 0 spiro atoms. The predicted molar refractivity (Wildman–Crippen MR) is 74.3 cm³/mol. The molecule has 0 radical (unpaired) electrons. The third-order valence-electron chi connectivity index (χ3n) is 2.83. The van der Waals surface area contributed by atoms with Gasteiger partial charge in [-0.15, -0.1) is 0 Å². The molecule has 0 amide bonds. The minimum Gasteiger partial charge on any atom is -0.361 e. The number of hydrogen-bond acceptors (Lipinski definition) is 3. The molecule has 0 aliphatic heterocycles. The van der Waals surface area contributed by atoms with Gasteiger partial charge in [0.25, 0.3) is 0 Å². The van der Waals surface area contributed by atoms with Crippen molar-refractivity contribution in [3.63, 3.8) is 0 Å². The maximum Gasteiger partial charge on any atom is 0.148 e. The number of hydrogen-bond donors (Lipinski definition) is 2. The van der Waals surface area contributed by atoms with Crippen LogP contribution >= 0.6 is 0 Å². The predicted octanol–water partition coefficient (Wildman–Crippen LogP) is 1.69. The Labute approximate surface area is 107 Å². The molecule has 0 bridgehead atoms. The standard InChI is InChI=1S/C13H18N2O2S/c1-10(9-18(2,16)17)15-8-11-3-4-13-12(7-11)5-6-14-13/h3-7,10,14-15H,8-9H2,1-2H3. The number of aromatic amines is 1. The van der Waals surface area contributed by atoms with Gasteiger partial charge in [-0.25, -0.2) is 8.42 Å². The van der Waals surface area contributed by atoms with Crippen molar-refractivity contribution in [3.05, 3.63) is 36.0 Å². The number of nitrogens with one attached hydrogen (secondary N) is 2. The maximum atomic E-state index is 11.1. The van der Waals surface area contributed by atoms with Gasteiger partial charge in [-0.1, -0.05) is 6.07 Å². The highest BCUT2D eigenvalue weighted by Crippen LogP contribution is 2.14. The van der Waals surface area contributed by atoms with E-state index in [-0.39, 0.29) is 11.8 Å². The molecular formula is C13H18N2O2S. The van der Waals surface area contributed by atoms with Crippen molar-refractivity contribution in [2.24, 2.45) is 0 Å². The van der Waals surface area contributed by atoms with E-state index in [2.05, 4.69) is 16.4 Å². The van der Waals surface area contributed by atoms with E-state index in [0.717, 1.165) is 11.1 Å². The Balaban J connectivity index is 1.97. The summed E-state index contributed by atoms with van der Waals surface area (Å²) in [6.07, 6.45) is 3.17. The first kappa shape index (κ1) is 13.1. The molecule has 0 aliphatic rings. The molecule has 1 atom stereocenters. The zero-order chi connectivity index (χ0) is 13.2. The average molecular weight is 266 g/mol. The third-order valence-corrected chi connectivity index (χ3v) is 3.93. The van der Waals surface area contributed by atoms with Crippen molar-refractivity contribution in [1.29, 1.82) is 0 Å². The van der Waals surface area contributed by atoms with Crippen LogP contribution in [0, 0.1) is 0 Å². The molecule has 1 aromatic heterocycles. The van der Waals surface area contributed by atoms with Crippen molar-refractivity contribution < 1.29 is 8.42 Å². The van der Waals surface area contributed by atoms with Gasteiger partial charge in [0.15, 0.2) is 0 Å². The first-order valence-corrected chi connectivity index (χ1v) is 7.97. The molecule has 98 valence electrons. The minimum absolute atomic E-state index is 0.0399. The van der Waals surface area contributed by atoms with Gasteiger partial charge in [0.05, 0.1) is 5.75 Å². The van der Waals surface area contributed by atoms with Crippen molar-refractivity contribution in [2.45, 2.75) is 19.5 Å². The Morgan fingerprint density at radius 3 is 2.83 bits per heavy atom. The van der Waals surface area contributed by atoms with Crippen LogP contribution in [0.4, 0.5) is 0 Å². The first-order chi connectivity index (χ1) is 8.44. The average Bonchev–Trinajstić information content (AvgIpc) is 2.71. The second-order valence-electron chi connectivity index (χ2n) is 4.77. The fourth-order valence-corrected chi connectivity index (χ4v) is 3.04. The highest BCUT2D eigenvalue weighted by Gasteiger charge is 2.09. The molecular weight excluding hydrogens is 248 g/mol. The van der Waals surface area contributed by atoms with Gasteiger partial charge in [-0.2, -0.15) is 0 Å².